The second kappa shape index (κ2) is 11.1. The van der Waals surface area contributed by atoms with Gasteiger partial charge in [-0.2, -0.15) is 0 Å². The van der Waals surface area contributed by atoms with E-state index >= 15 is 0 Å². The molecule has 4 aromatic rings. The summed E-state index contributed by atoms with van der Waals surface area (Å²) >= 11 is 5.88. The van der Waals surface area contributed by atoms with Crippen molar-refractivity contribution in [3.63, 3.8) is 0 Å². The molecule has 2 atom stereocenters. The Morgan fingerprint density at radius 1 is 0.973 bits per heavy atom. The van der Waals surface area contributed by atoms with Crippen LogP contribution in [0.4, 0.5) is 5.95 Å². The van der Waals surface area contributed by atoms with Crippen molar-refractivity contribution in [1.82, 2.24) is 29.7 Å². The van der Waals surface area contributed by atoms with Crippen molar-refractivity contribution in [1.29, 1.82) is 0 Å². The minimum absolute atomic E-state index is 0.0233. The fraction of sp³-hybridized carbons (Fsp3) is 0.292. The van der Waals surface area contributed by atoms with Crippen molar-refractivity contribution in [3.8, 4) is 17.2 Å². The molecule has 3 aromatic heterocycles. The highest BCUT2D eigenvalue weighted by molar-refractivity contribution is 7.93. The molecule has 0 amide bonds. The highest BCUT2D eigenvalue weighted by Crippen LogP contribution is 2.36. The number of rotatable bonds is 10. The lowest BCUT2D eigenvalue weighted by Gasteiger charge is -2.21. The molecule has 0 bridgehead atoms. The largest absolute Gasteiger partial charge is 0.494 e. The molecule has 1 N–H and O–H groups in total. The standard InChI is InChI=1S/C24H26ClN7O4S/c1-15(23-27-13-17(25)14-28-23)16(2)37(33,34)31-24-30-29-21(12-18-8-5-6-11-26-18)32(24)22-19(35-3)9-7-10-20(22)36-4/h5-11,13-16H,12H2,1-4H3,(H,30,31)/t15-,16-/m0/s1. The summed E-state index contributed by atoms with van der Waals surface area (Å²) in [5, 5.41) is 7.92. The van der Waals surface area contributed by atoms with E-state index in [1.54, 1.807) is 42.8 Å². The maximum Gasteiger partial charge on any atom is 0.243 e. The lowest BCUT2D eigenvalue weighted by Crippen LogP contribution is -2.31. The van der Waals surface area contributed by atoms with E-state index in [4.69, 9.17) is 21.1 Å². The number of nitrogens with one attached hydrogen (secondary N) is 1. The minimum atomic E-state index is -3.98. The van der Waals surface area contributed by atoms with Crippen LogP contribution in [0.1, 0.15) is 37.1 Å². The number of sulfonamides is 1. The average molecular weight is 544 g/mol. The maximum absolute atomic E-state index is 13.5. The van der Waals surface area contributed by atoms with E-state index in [2.05, 4.69) is 29.9 Å². The number of hydrogen-bond acceptors (Lipinski definition) is 9. The van der Waals surface area contributed by atoms with Crippen LogP contribution in [-0.2, 0) is 16.4 Å². The molecule has 37 heavy (non-hydrogen) atoms. The van der Waals surface area contributed by atoms with Gasteiger partial charge in [0.1, 0.15) is 28.8 Å². The molecule has 0 spiro atoms. The van der Waals surface area contributed by atoms with Crippen molar-refractivity contribution in [3.05, 3.63) is 77.4 Å². The Balaban J connectivity index is 1.77. The highest BCUT2D eigenvalue weighted by Gasteiger charge is 2.32. The number of ether oxygens (including phenoxy) is 2. The fourth-order valence-corrected chi connectivity index (χ4v) is 5.03. The molecule has 0 radical (unpaired) electrons. The molecule has 11 nitrogen and oxygen atoms in total. The zero-order chi connectivity index (χ0) is 26.6. The summed E-state index contributed by atoms with van der Waals surface area (Å²) in [6.45, 7) is 3.30. The maximum atomic E-state index is 13.5. The number of anilines is 1. The van der Waals surface area contributed by atoms with Gasteiger partial charge >= 0.3 is 0 Å². The van der Waals surface area contributed by atoms with Crippen molar-refractivity contribution in [2.24, 2.45) is 0 Å². The molecule has 4 rings (SSSR count). The van der Waals surface area contributed by atoms with E-state index in [1.165, 1.54) is 26.6 Å². The van der Waals surface area contributed by atoms with Crippen LogP contribution < -0.4 is 14.2 Å². The molecule has 1 aromatic carbocycles. The molecule has 0 aliphatic carbocycles. The molecule has 0 saturated heterocycles. The smallest absolute Gasteiger partial charge is 0.243 e. The summed E-state index contributed by atoms with van der Waals surface area (Å²) in [5.74, 6) is 1.10. The van der Waals surface area contributed by atoms with Gasteiger partial charge in [-0.3, -0.25) is 14.3 Å². The number of benzene rings is 1. The number of para-hydroxylation sites is 1. The second-order valence-electron chi connectivity index (χ2n) is 8.18. The van der Waals surface area contributed by atoms with Gasteiger partial charge < -0.3 is 9.47 Å². The lowest BCUT2D eigenvalue weighted by atomic mass is 10.1. The Morgan fingerprint density at radius 2 is 1.65 bits per heavy atom. The zero-order valence-corrected chi connectivity index (χ0v) is 22.2. The van der Waals surface area contributed by atoms with E-state index in [1.807, 2.05) is 18.2 Å². The van der Waals surface area contributed by atoms with Crippen molar-refractivity contribution in [2.75, 3.05) is 18.9 Å². The monoisotopic (exact) mass is 543 g/mol. The van der Waals surface area contributed by atoms with Gasteiger partial charge in [0.15, 0.2) is 0 Å². The van der Waals surface area contributed by atoms with Crippen LogP contribution in [0, 0.1) is 0 Å². The zero-order valence-electron chi connectivity index (χ0n) is 20.7. The first-order chi connectivity index (χ1) is 17.7. The average Bonchev–Trinajstić information content (AvgIpc) is 3.28. The first-order valence-corrected chi connectivity index (χ1v) is 13.2. The van der Waals surface area contributed by atoms with Gasteiger partial charge in [-0.05, 0) is 31.2 Å². The van der Waals surface area contributed by atoms with E-state index in [-0.39, 0.29) is 12.4 Å². The highest BCUT2D eigenvalue weighted by atomic mass is 35.5. The molecule has 0 aliphatic heterocycles. The first-order valence-electron chi connectivity index (χ1n) is 11.3. The molecule has 194 valence electrons. The number of nitrogens with zero attached hydrogens (tertiary/aromatic N) is 6. The summed E-state index contributed by atoms with van der Waals surface area (Å²) in [6.07, 6.45) is 4.82. The summed E-state index contributed by atoms with van der Waals surface area (Å²) in [6, 6.07) is 10.8. The lowest BCUT2D eigenvalue weighted by molar-refractivity contribution is 0.390. The quantitative estimate of drug-likeness (QED) is 0.318. The second-order valence-corrected chi connectivity index (χ2v) is 10.7. The van der Waals surface area contributed by atoms with Crippen LogP contribution >= 0.6 is 11.6 Å². The SMILES string of the molecule is COc1cccc(OC)c1-n1c(Cc2ccccn2)nnc1NS(=O)(=O)[C@@H](C)[C@H](C)c1ncc(Cl)cn1. The van der Waals surface area contributed by atoms with Crippen molar-refractivity contribution < 1.29 is 17.9 Å². The topological polar surface area (TPSA) is 134 Å². The number of methoxy groups -OCH3 is 2. The third kappa shape index (κ3) is 5.65. The third-order valence-corrected chi connectivity index (χ3v) is 7.94. The van der Waals surface area contributed by atoms with Gasteiger partial charge in [0.05, 0.1) is 30.9 Å². The molecule has 0 unspecified atom stereocenters. The Hall–Kier alpha value is -3.77. The summed E-state index contributed by atoms with van der Waals surface area (Å²) < 4.78 is 42.3. The molecule has 0 fully saturated rings. The van der Waals surface area contributed by atoms with E-state index < -0.39 is 21.2 Å². The van der Waals surface area contributed by atoms with Gasteiger partial charge in [-0.1, -0.05) is 30.7 Å². The number of halogens is 1. The van der Waals surface area contributed by atoms with Crippen molar-refractivity contribution >= 4 is 27.6 Å². The van der Waals surface area contributed by atoms with E-state index in [0.717, 1.165) is 5.69 Å². The van der Waals surface area contributed by atoms with Gasteiger partial charge in [0.25, 0.3) is 0 Å². The third-order valence-electron chi connectivity index (χ3n) is 5.90. The van der Waals surface area contributed by atoms with Crippen LogP contribution in [0.25, 0.3) is 5.69 Å². The molecule has 0 aliphatic rings. The van der Waals surface area contributed by atoms with Gasteiger partial charge in [-0.15, -0.1) is 10.2 Å². The molecular formula is C24H26ClN7O4S. The summed E-state index contributed by atoms with van der Waals surface area (Å²) in [4.78, 5) is 12.7. The Kier molecular flexibility index (Phi) is 7.89. The van der Waals surface area contributed by atoms with Gasteiger partial charge in [-0.25, -0.2) is 18.4 Å². The first kappa shape index (κ1) is 26.3. The van der Waals surface area contributed by atoms with E-state index in [0.29, 0.717) is 33.9 Å². The van der Waals surface area contributed by atoms with Crippen LogP contribution in [0.3, 0.4) is 0 Å². The Morgan fingerprint density at radius 3 is 2.24 bits per heavy atom. The molecule has 13 heteroatoms. The normalized spacial score (nSPS) is 13.1. The predicted octanol–water partition coefficient (Wildman–Crippen LogP) is 3.65. The van der Waals surface area contributed by atoms with Crippen LogP contribution in [0.15, 0.2) is 55.0 Å². The summed E-state index contributed by atoms with van der Waals surface area (Å²) in [7, 11) is -0.954. The Bertz CT molecular complexity index is 1440. The van der Waals surface area contributed by atoms with Gasteiger partial charge in [0.2, 0.25) is 16.0 Å². The van der Waals surface area contributed by atoms with Crippen LogP contribution in [0.2, 0.25) is 5.02 Å². The molecule has 0 saturated carbocycles. The van der Waals surface area contributed by atoms with Gasteiger partial charge in [0, 0.05) is 30.2 Å². The molecular weight excluding hydrogens is 518 g/mol. The number of pyridine rings is 1. The minimum Gasteiger partial charge on any atom is -0.494 e. The van der Waals surface area contributed by atoms with Crippen LogP contribution in [-0.4, -0.2) is 57.6 Å². The van der Waals surface area contributed by atoms with E-state index in [9.17, 15) is 8.42 Å². The molecule has 3 heterocycles. The van der Waals surface area contributed by atoms with Crippen molar-refractivity contribution in [2.45, 2.75) is 31.4 Å². The number of hydrogen-bond donors (Lipinski definition) is 1. The predicted molar refractivity (Wildman–Crippen MR) is 139 cm³/mol. The van der Waals surface area contributed by atoms with Crippen LogP contribution in [0.5, 0.6) is 11.5 Å². The number of aromatic nitrogens is 6. The Labute approximate surface area is 219 Å². The summed E-state index contributed by atoms with van der Waals surface area (Å²) in [5.41, 5.74) is 1.17. The fourth-order valence-electron chi connectivity index (χ4n) is 3.71.